The maximum absolute atomic E-state index is 10.5. The van der Waals surface area contributed by atoms with Crippen LogP contribution in [-0.4, -0.2) is 29.9 Å². The van der Waals surface area contributed by atoms with E-state index in [0.29, 0.717) is 11.6 Å². The average molecular weight is 132 g/mol. The number of hydroxylamine groups is 2. The van der Waals surface area contributed by atoms with Crippen LogP contribution in [0, 0.1) is 0 Å². The SMILES string of the molecule is CCCNC(=O)N(C)O. The highest BCUT2D eigenvalue weighted by Gasteiger charge is 2.00. The topological polar surface area (TPSA) is 52.6 Å². The quantitative estimate of drug-likeness (QED) is 0.423. The van der Waals surface area contributed by atoms with Crippen LogP contribution in [0.2, 0.25) is 0 Å². The lowest BCUT2D eigenvalue weighted by atomic mass is 10.5. The normalized spacial score (nSPS) is 8.78. The third kappa shape index (κ3) is 3.78. The van der Waals surface area contributed by atoms with E-state index in [2.05, 4.69) is 5.32 Å². The second-order valence-electron chi connectivity index (χ2n) is 1.76. The molecule has 9 heavy (non-hydrogen) atoms. The smallest absolute Gasteiger partial charge is 0.336 e. The Kier molecular flexibility index (Phi) is 3.79. The molecule has 0 saturated carbocycles. The van der Waals surface area contributed by atoms with Crippen molar-refractivity contribution in [2.45, 2.75) is 13.3 Å². The van der Waals surface area contributed by atoms with E-state index < -0.39 is 6.03 Å². The largest absolute Gasteiger partial charge is 0.340 e. The fourth-order valence-corrected chi connectivity index (χ4v) is 0.346. The van der Waals surface area contributed by atoms with Gasteiger partial charge in [0.1, 0.15) is 0 Å². The zero-order valence-corrected chi connectivity index (χ0v) is 5.72. The molecule has 2 N–H and O–H groups in total. The van der Waals surface area contributed by atoms with Crippen molar-refractivity contribution in [2.75, 3.05) is 13.6 Å². The standard InChI is InChI=1S/C5H12N2O2/c1-3-4-6-5(8)7(2)9/h9H,3-4H2,1-2H3,(H,6,8). The Morgan fingerprint density at radius 1 is 1.78 bits per heavy atom. The number of nitrogens with one attached hydrogen (secondary N) is 1. The van der Waals surface area contributed by atoms with Gasteiger partial charge in [0.25, 0.3) is 0 Å². The van der Waals surface area contributed by atoms with E-state index in [4.69, 9.17) is 5.21 Å². The van der Waals surface area contributed by atoms with Gasteiger partial charge >= 0.3 is 6.03 Å². The molecule has 4 heteroatoms. The van der Waals surface area contributed by atoms with Crippen LogP contribution < -0.4 is 5.32 Å². The molecule has 0 aliphatic carbocycles. The number of amides is 2. The van der Waals surface area contributed by atoms with Crippen LogP contribution in [0.3, 0.4) is 0 Å². The van der Waals surface area contributed by atoms with Gasteiger partial charge in [-0.1, -0.05) is 6.92 Å². The molecule has 2 amide bonds. The van der Waals surface area contributed by atoms with Gasteiger partial charge in [0.15, 0.2) is 0 Å². The lowest BCUT2D eigenvalue weighted by Crippen LogP contribution is -2.35. The summed E-state index contributed by atoms with van der Waals surface area (Å²) in [6, 6.07) is -0.461. The van der Waals surface area contributed by atoms with Gasteiger partial charge in [-0.05, 0) is 6.42 Å². The van der Waals surface area contributed by atoms with Crippen LogP contribution >= 0.6 is 0 Å². The molecule has 0 unspecified atom stereocenters. The van der Waals surface area contributed by atoms with Crippen molar-refractivity contribution >= 4 is 6.03 Å². The van der Waals surface area contributed by atoms with Gasteiger partial charge in [0.2, 0.25) is 0 Å². The Bertz CT molecular complexity index is 93.0. The van der Waals surface area contributed by atoms with Gasteiger partial charge in [0.05, 0.1) is 0 Å². The second kappa shape index (κ2) is 4.14. The summed E-state index contributed by atoms with van der Waals surface area (Å²) in [6.45, 7) is 2.54. The summed E-state index contributed by atoms with van der Waals surface area (Å²) in [4.78, 5) is 10.5. The second-order valence-corrected chi connectivity index (χ2v) is 1.76. The van der Waals surface area contributed by atoms with Crippen molar-refractivity contribution in [1.82, 2.24) is 10.4 Å². The lowest BCUT2D eigenvalue weighted by molar-refractivity contribution is -0.0181. The zero-order valence-electron chi connectivity index (χ0n) is 5.72. The van der Waals surface area contributed by atoms with E-state index in [9.17, 15) is 4.79 Å². The summed E-state index contributed by atoms with van der Waals surface area (Å²) in [5, 5.41) is 11.5. The molecule has 54 valence electrons. The lowest BCUT2D eigenvalue weighted by Gasteiger charge is -2.08. The van der Waals surface area contributed by atoms with E-state index >= 15 is 0 Å². The first-order valence-electron chi connectivity index (χ1n) is 2.89. The minimum Gasteiger partial charge on any atom is -0.336 e. The monoisotopic (exact) mass is 132 g/mol. The summed E-state index contributed by atoms with van der Waals surface area (Å²) in [7, 11) is 1.28. The number of hydrogen-bond donors (Lipinski definition) is 2. The summed E-state index contributed by atoms with van der Waals surface area (Å²) >= 11 is 0. The van der Waals surface area contributed by atoms with Gasteiger partial charge in [-0.3, -0.25) is 5.21 Å². The molecule has 0 aliphatic rings. The van der Waals surface area contributed by atoms with E-state index in [-0.39, 0.29) is 0 Å². The molecule has 0 aliphatic heterocycles. The van der Waals surface area contributed by atoms with Crippen molar-refractivity contribution in [3.8, 4) is 0 Å². The predicted octanol–water partition coefficient (Wildman–Crippen LogP) is 0.427. The Morgan fingerprint density at radius 3 is 2.67 bits per heavy atom. The third-order valence-electron chi connectivity index (χ3n) is 0.820. The Balaban J connectivity index is 3.28. The van der Waals surface area contributed by atoms with Crippen LogP contribution in [0.4, 0.5) is 4.79 Å². The first-order valence-corrected chi connectivity index (χ1v) is 2.89. The van der Waals surface area contributed by atoms with Crippen molar-refractivity contribution < 1.29 is 10.0 Å². The minimum atomic E-state index is -0.461. The first-order chi connectivity index (χ1) is 4.18. The highest BCUT2D eigenvalue weighted by molar-refractivity contribution is 5.72. The van der Waals surface area contributed by atoms with Crippen LogP contribution in [0.15, 0.2) is 0 Å². The van der Waals surface area contributed by atoms with Gasteiger partial charge in [-0.2, -0.15) is 0 Å². The van der Waals surface area contributed by atoms with Crippen LogP contribution in [0.5, 0.6) is 0 Å². The Labute approximate surface area is 54.4 Å². The van der Waals surface area contributed by atoms with Gasteiger partial charge < -0.3 is 5.32 Å². The first kappa shape index (κ1) is 8.23. The van der Waals surface area contributed by atoms with Gasteiger partial charge in [0, 0.05) is 13.6 Å². The van der Waals surface area contributed by atoms with Crippen molar-refractivity contribution in [3.05, 3.63) is 0 Å². The molecule has 0 heterocycles. The number of rotatable bonds is 2. The van der Waals surface area contributed by atoms with E-state index in [1.54, 1.807) is 0 Å². The average Bonchev–Trinajstić information content (AvgIpc) is 1.82. The molecule has 0 atom stereocenters. The summed E-state index contributed by atoms with van der Waals surface area (Å²) < 4.78 is 0. The van der Waals surface area contributed by atoms with E-state index in [1.165, 1.54) is 7.05 Å². The molecular formula is C5H12N2O2. The van der Waals surface area contributed by atoms with Gasteiger partial charge in [-0.25, -0.2) is 9.86 Å². The predicted molar refractivity (Wildman–Crippen MR) is 33.2 cm³/mol. The van der Waals surface area contributed by atoms with Crippen LogP contribution in [-0.2, 0) is 0 Å². The molecule has 0 spiro atoms. The summed E-state index contributed by atoms with van der Waals surface area (Å²) in [6.07, 6.45) is 0.875. The van der Waals surface area contributed by atoms with Gasteiger partial charge in [-0.15, -0.1) is 0 Å². The molecule has 4 nitrogen and oxygen atoms in total. The number of urea groups is 1. The fraction of sp³-hybridized carbons (Fsp3) is 0.800. The maximum atomic E-state index is 10.5. The third-order valence-corrected chi connectivity index (χ3v) is 0.820. The summed E-state index contributed by atoms with van der Waals surface area (Å²) in [5.74, 6) is 0. The van der Waals surface area contributed by atoms with Crippen molar-refractivity contribution in [3.63, 3.8) is 0 Å². The highest BCUT2D eigenvalue weighted by Crippen LogP contribution is 1.76. The summed E-state index contributed by atoms with van der Waals surface area (Å²) in [5.41, 5.74) is 0. The van der Waals surface area contributed by atoms with Crippen LogP contribution in [0.25, 0.3) is 0 Å². The zero-order chi connectivity index (χ0) is 7.28. The molecule has 0 bridgehead atoms. The minimum absolute atomic E-state index is 0.461. The number of hydrogen-bond acceptors (Lipinski definition) is 2. The number of carbonyl (C=O) groups excluding carboxylic acids is 1. The van der Waals surface area contributed by atoms with E-state index in [0.717, 1.165) is 6.42 Å². The number of nitrogens with zero attached hydrogens (tertiary/aromatic N) is 1. The van der Waals surface area contributed by atoms with Crippen LogP contribution in [0.1, 0.15) is 13.3 Å². The molecule has 0 aromatic rings. The highest BCUT2D eigenvalue weighted by atomic mass is 16.5. The van der Waals surface area contributed by atoms with Crippen molar-refractivity contribution in [2.24, 2.45) is 0 Å². The maximum Gasteiger partial charge on any atom is 0.340 e. The Morgan fingerprint density at radius 2 is 2.33 bits per heavy atom. The molecule has 0 aromatic carbocycles. The molecule has 0 rings (SSSR count). The number of carbonyl (C=O) groups is 1. The molecule has 0 aromatic heterocycles. The molecule has 0 fully saturated rings. The van der Waals surface area contributed by atoms with E-state index in [1.807, 2.05) is 6.92 Å². The molecule has 0 saturated heterocycles. The van der Waals surface area contributed by atoms with Crippen molar-refractivity contribution in [1.29, 1.82) is 0 Å². The Hall–Kier alpha value is -0.770. The fourth-order valence-electron chi connectivity index (χ4n) is 0.346. The molecule has 0 radical (unpaired) electrons. The molecular weight excluding hydrogens is 120 g/mol.